The molecule has 1 aliphatic heterocycles. The van der Waals surface area contributed by atoms with Crippen LogP contribution in [0.5, 0.6) is 11.5 Å². The summed E-state index contributed by atoms with van der Waals surface area (Å²) in [6, 6.07) is 6.46. The molecule has 1 aromatic carbocycles. The second-order valence-electron chi connectivity index (χ2n) is 4.40. The van der Waals surface area contributed by atoms with E-state index in [0.29, 0.717) is 35.4 Å². The second-order valence-corrected chi connectivity index (χ2v) is 5.85. The Morgan fingerprint density at radius 1 is 1.19 bits per heavy atom. The van der Waals surface area contributed by atoms with Crippen molar-refractivity contribution >= 4 is 16.8 Å². The monoisotopic (exact) mass is 308 g/mol. The number of carbonyl (C=O) groups is 1. The van der Waals surface area contributed by atoms with Crippen LogP contribution >= 0.6 is 0 Å². The van der Waals surface area contributed by atoms with Crippen molar-refractivity contribution in [3.63, 3.8) is 0 Å². The summed E-state index contributed by atoms with van der Waals surface area (Å²) in [5, 5.41) is 8.82. The molecule has 0 saturated heterocycles. The third-order valence-corrected chi connectivity index (χ3v) is 4.28. The summed E-state index contributed by atoms with van der Waals surface area (Å²) >= 11 is 0. The van der Waals surface area contributed by atoms with Gasteiger partial charge >= 0.3 is 5.97 Å². The first-order valence-corrected chi connectivity index (χ1v) is 7.54. The van der Waals surface area contributed by atoms with Gasteiger partial charge < -0.3 is 19.0 Å². The van der Waals surface area contributed by atoms with Gasteiger partial charge in [-0.2, -0.15) is 0 Å². The van der Waals surface area contributed by atoms with Gasteiger partial charge in [-0.05, 0) is 18.2 Å². The van der Waals surface area contributed by atoms with Crippen molar-refractivity contribution in [3.8, 4) is 11.5 Å². The molecule has 0 aliphatic carbocycles. The van der Waals surface area contributed by atoms with Crippen LogP contribution in [0.15, 0.2) is 39.8 Å². The average molecular weight is 308 g/mol. The molecule has 6 nitrogen and oxygen atoms in total. The molecule has 1 atom stereocenters. The van der Waals surface area contributed by atoms with E-state index in [4.69, 9.17) is 19.0 Å². The van der Waals surface area contributed by atoms with Crippen LogP contribution in [0.25, 0.3) is 0 Å². The van der Waals surface area contributed by atoms with Gasteiger partial charge in [-0.15, -0.1) is 0 Å². The molecule has 1 unspecified atom stereocenters. The third kappa shape index (κ3) is 2.92. The molecule has 1 N–H and O–H groups in total. The van der Waals surface area contributed by atoms with Crippen molar-refractivity contribution in [2.45, 2.75) is 10.6 Å². The van der Waals surface area contributed by atoms with Crippen molar-refractivity contribution in [3.05, 3.63) is 41.9 Å². The predicted octanol–water partition coefficient (Wildman–Crippen LogP) is 2.06. The van der Waals surface area contributed by atoms with Gasteiger partial charge in [-0.3, -0.25) is 4.21 Å². The molecule has 0 saturated carbocycles. The number of carboxylic acids is 1. The molecule has 0 spiro atoms. The summed E-state index contributed by atoms with van der Waals surface area (Å²) in [7, 11) is -1.35. The second kappa shape index (κ2) is 5.61. The lowest BCUT2D eigenvalue weighted by Crippen LogP contribution is -2.15. The van der Waals surface area contributed by atoms with E-state index >= 15 is 0 Å². The van der Waals surface area contributed by atoms with E-state index in [2.05, 4.69) is 0 Å². The summed E-state index contributed by atoms with van der Waals surface area (Å²) in [5.74, 6) is 0.592. The number of benzene rings is 1. The predicted molar refractivity (Wildman–Crippen MR) is 73.2 cm³/mol. The molecule has 7 heteroatoms. The Labute approximate surface area is 122 Å². The molecule has 0 radical (unpaired) electrons. The smallest absolute Gasteiger partial charge is 0.338 e. The van der Waals surface area contributed by atoms with E-state index in [1.165, 1.54) is 6.07 Å². The molecule has 1 aliphatic rings. The molecule has 2 heterocycles. The maximum atomic E-state index is 12.3. The number of aromatic carboxylic acids is 1. The fourth-order valence-corrected chi connectivity index (χ4v) is 2.98. The number of carboxylic acid groups (broad SMARTS) is 1. The largest absolute Gasteiger partial charge is 0.486 e. The van der Waals surface area contributed by atoms with Gasteiger partial charge in [0.1, 0.15) is 25.2 Å². The quantitative estimate of drug-likeness (QED) is 0.930. The van der Waals surface area contributed by atoms with Crippen molar-refractivity contribution in [2.24, 2.45) is 0 Å². The molecule has 0 bridgehead atoms. The Morgan fingerprint density at radius 2 is 1.95 bits per heavy atom. The first-order valence-electron chi connectivity index (χ1n) is 6.22. The SMILES string of the molecule is O=C(O)c1coc(CS(=O)c2ccc3c(c2)OCCO3)c1. The zero-order valence-electron chi connectivity index (χ0n) is 10.9. The summed E-state index contributed by atoms with van der Waals surface area (Å²) < 4.78 is 28.2. The maximum Gasteiger partial charge on any atom is 0.338 e. The zero-order chi connectivity index (χ0) is 14.8. The minimum Gasteiger partial charge on any atom is -0.486 e. The Kier molecular flexibility index (Phi) is 3.66. The molecule has 1 aromatic heterocycles. The molecular formula is C14H12O6S. The summed E-state index contributed by atoms with van der Waals surface area (Å²) in [6.45, 7) is 0.961. The topological polar surface area (TPSA) is 86.0 Å². The van der Waals surface area contributed by atoms with E-state index in [9.17, 15) is 9.00 Å². The molecule has 3 rings (SSSR count). The van der Waals surface area contributed by atoms with Crippen LogP contribution in [0.3, 0.4) is 0 Å². The first kappa shape index (κ1) is 13.7. The number of hydrogen-bond donors (Lipinski definition) is 1. The standard InChI is InChI=1S/C14H12O6S/c15-14(16)9-5-10(20-7-9)8-21(17)11-1-2-12-13(6-11)19-4-3-18-12/h1-2,5-7H,3-4,8H2,(H,15,16). The molecular weight excluding hydrogens is 296 g/mol. The maximum absolute atomic E-state index is 12.3. The first-order chi connectivity index (χ1) is 10.1. The number of rotatable bonds is 4. The summed E-state index contributed by atoms with van der Waals surface area (Å²) in [5.41, 5.74) is 0.0455. The van der Waals surface area contributed by atoms with Crippen molar-refractivity contribution in [2.75, 3.05) is 13.2 Å². The molecule has 0 amide bonds. The van der Waals surface area contributed by atoms with Crippen molar-refractivity contribution < 1.29 is 28.0 Å². The minimum atomic E-state index is -1.35. The molecule has 2 aromatic rings. The van der Waals surface area contributed by atoms with Gasteiger partial charge in [0.15, 0.2) is 11.5 Å². The fourth-order valence-electron chi connectivity index (χ4n) is 1.95. The van der Waals surface area contributed by atoms with Gasteiger partial charge in [-0.25, -0.2) is 4.79 Å². The lowest BCUT2D eigenvalue weighted by molar-refractivity contribution is 0.0696. The Bertz CT molecular complexity index is 705. The Balaban J connectivity index is 1.77. The van der Waals surface area contributed by atoms with Crippen LogP contribution in [-0.4, -0.2) is 28.5 Å². The van der Waals surface area contributed by atoms with E-state index < -0.39 is 16.8 Å². The number of ether oxygens (including phenoxy) is 2. The number of furan rings is 1. The highest BCUT2D eigenvalue weighted by Crippen LogP contribution is 2.32. The summed E-state index contributed by atoms with van der Waals surface area (Å²) in [4.78, 5) is 11.3. The highest BCUT2D eigenvalue weighted by molar-refractivity contribution is 7.84. The van der Waals surface area contributed by atoms with E-state index in [0.717, 1.165) is 6.26 Å². The zero-order valence-corrected chi connectivity index (χ0v) is 11.7. The van der Waals surface area contributed by atoms with Gasteiger partial charge in [0.25, 0.3) is 0 Å². The van der Waals surface area contributed by atoms with Crippen LogP contribution in [-0.2, 0) is 16.6 Å². The van der Waals surface area contributed by atoms with E-state index in [-0.39, 0.29) is 11.3 Å². The van der Waals surface area contributed by atoms with Crippen molar-refractivity contribution in [1.82, 2.24) is 0 Å². The molecule has 110 valence electrons. The van der Waals surface area contributed by atoms with Crippen molar-refractivity contribution in [1.29, 1.82) is 0 Å². The molecule has 21 heavy (non-hydrogen) atoms. The van der Waals surface area contributed by atoms with E-state index in [1.807, 2.05) is 0 Å². The van der Waals surface area contributed by atoms with Crippen LogP contribution < -0.4 is 9.47 Å². The van der Waals surface area contributed by atoms with Gasteiger partial charge in [0, 0.05) is 11.0 Å². The van der Waals surface area contributed by atoms with Gasteiger partial charge in [-0.1, -0.05) is 0 Å². The van der Waals surface area contributed by atoms with Gasteiger partial charge in [0.05, 0.1) is 22.1 Å². The lowest BCUT2D eigenvalue weighted by atomic mass is 10.3. The Hall–Kier alpha value is -2.28. The highest BCUT2D eigenvalue weighted by Gasteiger charge is 2.16. The summed E-state index contributed by atoms with van der Waals surface area (Å²) in [6.07, 6.45) is 1.14. The fraction of sp³-hybridized carbons (Fsp3) is 0.214. The lowest BCUT2D eigenvalue weighted by Gasteiger charge is -2.18. The molecule has 0 fully saturated rings. The Morgan fingerprint density at radius 3 is 2.67 bits per heavy atom. The average Bonchev–Trinajstić information content (AvgIpc) is 2.95. The van der Waals surface area contributed by atoms with Crippen LogP contribution in [0, 0.1) is 0 Å². The highest BCUT2D eigenvalue weighted by atomic mass is 32.2. The van der Waals surface area contributed by atoms with Crippen LogP contribution in [0.2, 0.25) is 0 Å². The number of fused-ring (bicyclic) bond motifs is 1. The van der Waals surface area contributed by atoms with E-state index in [1.54, 1.807) is 18.2 Å². The van der Waals surface area contributed by atoms with Gasteiger partial charge in [0.2, 0.25) is 0 Å². The van der Waals surface area contributed by atoms with Crippen LogP contribution in [0.1, 0.15) is 16.1 Å². The normalized spacial score (nSPS) is 14.7. The minimum absolute atomic E-state index is 0.0455. The van der Waals surface area contributed by atoms with Crippen LogP contribution in [0.4, 0.5) is 0 Å². The number of hydrogen-bond acceptors (Lipinski definition) is 5. The third-order valence-electron chi connectivity index (χ3n) is 2.95.